The highest BCUT2D eigenvalue weighted by Gasteiger charge is 2.46. The molecule has 1 aliphatic rings. The van der Waals surface area contributed by atoms with Gasteiger partial charge >= 0.3 is 0 Å². The second kappa shape index (κ2) is 9.62. The minimum atomic E-state index is -0.734. The lowest BCUT2D eigenvalue weighted by Gasteiger charge is -2.21. The Morgan fingerprint density at radius 3 is 2.61 bits per heavy atom. The first-order chi connectivity index (χ1) is 14.9. The Morgan fingerprint density at radius 2 is 1.97 bits per heavy atom. The van der Waals surface area contributed by atoms with Crippen LogP contribution in [0.25, 0.3) is 5.76 Å². The van der Waals surface area contributed by atoms with E-state index in [4.69, 9.17) is 16.3 Å². The van der Waals surface area contributed by atoms with Gasteiger partial charge in [-0.25, -0.2) is 0 Å². The molecule has 1 saturated carbocycles. The normalized spacial score (nSPS) is 14.3. The van der Waals surface area contributed by atoms with E-state index >= 15 is 0 Å². The maximum Gasteiger partial charge on any atom is 0.284 e. The zero-order valence-corrected chi connectivity index (χ0v) is 17.9. The van der Waals surface area contributed by atoms with E-state index < -0.39 is 11.4 Å². The number of aldehydes is 1. The predicted octanol–water partition coefficient (Wildman–Crippen LogP) is 4.10. The lowest BCUT2D eigenvalue weighted by Crippen LogP contribution is -2.36. The fraction of sp³-hybridized carbons (Fsp3) is 0.208. The fourth-order valence-electron chi connectivity index (χ4n) is 3.42. The average molecular weight is 439 g/mol. The molecule has 0 unspecified atom stereocenters. The monoisotopic (exact) mass is 438 g/mol. The van der Waals surface area contributed by atoms with Crippen LogP contribution in [-0.4, -0.2) is 18.1 Å². The lowest BCUT2D eigenvalue weighted by atomic mass is 9.99. The number of ether oxygens (including phenoxy) is 1. The van der Waals surface area contributed by atoms with Gasteiger partial charge in [0.1, 0.15) is 5.76 Å². The van der Waals surface area contributed by atoms with Gasteiger partial charge in [-0.15, -0.1) is 0 Å². The predicted molar refractivity (Wildman–Crippen MR) is 119 cm³/mol. The molecular weight excluding hydrogens is 416 g/mol. The smallest absolute Gasteiger partial charge is 0.284 e. The van der Waals surface area contributed by atoms with Gasteiger partial charge in [0, 0.05) is 22.7 Å². The third kappa shape index (κ3) is 5.22. The molecule has 7 heteroatoms. The molecule has 0 spiro atoms. The van der Waals surface area contributed by atoms with E-state index in [0.717, 1.165) is 24.0 Å². The van der Waals surface area contributed by atoms with Gasteiger partial charge in [-0.3, -0.25) is 14.4 Å². The van der Waals surface area contributed by atoms with Crippen LogP contribution in [0.15, 0.2) is 61.4 Å². The Bertz CT molecular complexity index is 1060. The van der Waals surface area contributed by atoms with Crippen molar-refractivity contribution in [3.05, 3.63) is 88.7 Å². The Hall–Kier alpha value is -3.38. The minimum absolute atomic E-state index is 0.0824. The summed E-state index contributed by atoms with van der Waals surface area (Å²) in [7, 11) is 0. The SMILES string of the molecule is C=CO/C(=C\C)c1cc(Cl)cc(C2(NC(=O)c3ccccc3CNC(=O)C=O)CC2)c1. The molecule has 31 heavy (non-hydrogen) atoms. The van der Waals surface area contributed by atoms with Gasteiger partial charge < -0.3 is 15.4 Å². The summed E-state index contributed by atoms with van der Waals surface area (Å²) < 4.78 is 5.46. The summed E-state index contributed by atoms with van der Waals surface area (Å²) in [6, 6.07) is 12.5. The highest BCUT2D eigenvalue weighted by atomic mass is 35.5. The van der Waals surface area contributed by atoms with Crippen LogP contribution in [0.2, 0.25) is 5.02 Å². The summed E-state index contributed by atoms with van der Waals surface area (Å²) in [6.45, 7) is 5.53. The van der Waals surface area contributed by atoms with Crippen molar-refractivity contribution in [3.63, 3.8) is 0 Å². The van der Waals surface area contributed by atoms with E-state index in [0.29, 0.717) is 21.9 Å². The summed E-state index contributed by atoms with van der Waals surface area (Å²) in [6.07, 6.45) is 4.92. The molecule has 0 aliphatic heterocycles. The molecule has 0 saturated heterocycles. The van der Waals surface area contributed by atoms with Crippen molar-refractivity contribution in [1.29, 1.82) is 0 Å². The van der Waals surface area contributed by atoms with Gasteiger partial charge in [0.05, 0.1) is 11.8 Å². The van der Waals surface area contributed by atoms with Crippen LogP contribution < -0.4 is 10.6 Å². The molecule has 3 rings (SSSR count). The molecule has 1 fully saturated rings. The van der Waals surface area contributed by atoms with Crippen LogP contribution in [0, 0.1) is 0 Å². The lowest BCUT2D eigenvalue weighted by molar-refractivity contribution is -0.131. The number of hydrogen-bond donors (Lipinski definition) is 2. The van der Waals surface area contributed by atoms with Crippen molar-refractivity contribution >= 4 is 35.5 Å². The molecule has 160 valence electrons. The molecule has 6 nitrogen and oxygen atoms in total. The molecule has 0 bridgehead atoms. The number of hydrogen-bond acceptors (Lipinski definition) is 4. The Balaban J connectivity index is 1.85. The van der Waals surface area contributed by atoms with Crippen molar-refractivity contribution in [2.45, 2.75) is 31.8 Å². The average Bonchev–Trinajstić information content (AvgIpc) is 3.56. The standard InChI is InChI=1S/C24H23ClN2O4/c1-3-21(31-4-2)17-11-18(13-19(25)12-17)24(9-10-24)27-23(30)20-8-6-5-7-16(20)14-26-22(29)15-28/h3-8,11-13,15H,2,9-10,14H2,1H3,(H,26,29)(H,27,30)/b21-3-. The van der Waals surface area contributed by atoms with E-state index in [2.05, 4.69) is 17.2 Å². The van der Waals surface area contributed by atoms with Crippen LogP contribution in [0.5, 0.6) is 0 Å². The number of carbonyl (C=O) groups excluding carboxylic acids is 3. The summed E-state index contributed by atoms with van der Waals surface area (Å²) in [5.41, 5.74) is 2.22. The van der Waals surface area contributed by atoms with Gasteiger partial charge in [-0.2, -0.15) is 0 Å². The number of carbonyl (C=O) groups is 3. The van der Waals surface area contributed by atoms with E-state index in [1.54, 1.807) is 30.3 Å². The number of allylic oxidation sites excluding steroid dienone is 1. The number of rotatable bonds is 9. The van der Waals surface area contributed by atoms with Gasteiger partial charge in [-0.1, -0.05) is 36.4 Å². The molecule has 0 aromatic heterocycles. The first-order valence-electron chi connectivity index (χ1n) is 9.81. The maximum atomic E-state index is 13.1. The van der Waals surface area contributed by atoms with Crippen LogP contribution in [0.3, 0.4) is 0 Å². The van der Waals surface area contributed by atoms with E-state index in [9.17, 15) is 14.4 Å². The summed E-state index contributed by atoms with van der Waals surface area (Å²) in [5, 5.41) is 6.13. The van der Waals surface area contributed by atoms with Crippen LogP contribution in [-0.2, 0) is 26.4 Å². The van der Waals surface area contributed by atoms with Crippen molar-refractivity contribution in [1.82, 2.24) is 10.6 Å². The Morgan fingerprint density at radius 1 is 1.23 bits per heavy atom. The molecule has 2 amide bonds. The van der Waals surface area contributed by atoms with Crippen molar-refractivity contribution < 1.29 is 19.1 Å². The number of amides is 2. The largest absolute Gasteiger partial charge is 0.465 e. The molecular formula is C24H23ClN2O4. The van der Waals surface area contributed by atoms with Crippen molar-refractivity contribution in [2.24, 2.45) is 0 Å². The fourth-order valence-corrected chi connectivity index (χ4v) is 3.65. The second-order valence-electron chi connectivity index (χ2n) is 7.20. The highest BCUT2D eigenvalue weighted by Crippen LogP contribution is 2.47. The van der Waals surface area contributed by atoms with E-state index in [-0.39, 0.29) is 18.7 Å². The van der Waals surface area contributed by atoms with E-state index in [1.807, 2.05) is 25.1 Å². The molecule has 1 aliphatic carbocycles. The molecule has 0 atom stereocenters. The minimum Gasteiger partial charge on any atom is -0.465 e. The first-order valence-corrected chi connectivity index (χ1v) is 10.2. The molecule has 2 aromatic rings. The summed E-state index contributed by atoms with van der Waals surface area (Å²) in [4.78, 5) is 34.9. The molecule has 2 aromatic carbocycles. The quantitative estimate of drug-likeness (QED) is 0.351. The van der Waals surface area contributed by atoms with Gasteiger partial charge in [0.15, 0.2) is 0 Å². The summed E-state index contributed by atoms with van der Waals surface area (Å²) >= 11 is 6.36. The van der Waals surface area contributed by atoms with Gasteiger partial charge in [-0.05, 0) is 61.2 Å². The molecule has 0 heterocycles. The number of halogens is 1. The van der Waals surface area contributed by atoms with Crippen molar-refractivity contribution in [3.8, 4) is 0 Å². The third-order valence-electron chi connectivity index (χ3n) is 5.13. The van der Waals surface area contributed by atoms with Crippen LogP contribution >= 0.6 is 11.6 Å². The van der Waals surface area contributed by atoms with Crippen LogP contribution in [0.4, 0.5) is 0 Å². The zero-order chi connectivity index (χ0) is 22.4. The number of nitrogens with one attached hydrogen (secondary N) is 2. The first kappa shape index (κ1) is 22.3. The van der Waals surface area contributed by atoms with Crippen LogP contribution in [0.1, 0.15) is 46.8 Å². The Kier molecular flexibility index (Phi) is 6.92. The highest BCUT2D eigenvalue weighted by molar-refractivity contribution is 6.30. The number of benzene rings is 2. The Labute approximate surface area is 185 Å². The maximum absolute atomic E-state index is 13.1. The van der Waals surface area contributed by atoms with Gasteiger partial charge in [0.25, 0.3) is 11.8 Å². The third-order valence-corrected chi connectivity index (χ3v) is 5.35. The van der Waals surface area contributed by atoms with Gasteiger partial charge in [0.2, 0.25) is 6.29 Å². The topological polar surface area (TPSA) is 84.5 Å². The molecule has 0 radical (unpaired) electrons. The summed E-state index contributed by atoms with van der Waals surface area (Å²) in [5.74, 6) is -0.373. The zero-order valence-electron chi connectivity index (χ0n) is 17.1. The van der Waals surface area contributed by atoms with E-state index in [1.165, 1.54) is 6.26 Å². The molecule has 2 N–H and O–H groups in total. The van der Waals surface area contributed by atoms with Crippen molar-refractivity contribution in [2.75, 3.05) is 0 Å². The second-order valence-corrected chi connectivity index (χ2v) is 7.63.